The molecule has 0 saturated heterocycles. The van der Waals surface area contributed by atoms with Gasteiger partial charge in [0, 0.05) is 12.1 Å². The smallest absolute Gasteiger partial charge is 0.223 e. The molecule has 0 atom stereocenters. The molecule has 0 radical (unpaired) electrons. The van der Waals surface area contributed by atoms with Crippen molar-refractivity contribution in [3.63, 3.8) is 0 Å². The summed E-state index contributed by atoms with van der Waals surface area (Å²) in [7, 11) is 1.78. The molecule has 1 N–H and O–H groups in total. The van der Waals surface area contributed by atoms with Gasteiger partial charge in [-0.15, -0.1) is 0 Å². The van der Waals surface area contributed by atoms with E-state index in [-0.39, 0.29) is 6.61 Å². The summed E-state index contributed by atoms with van der Waals surface area (Å²) < 4.78 is 7.44. The van der Waals surface area contributed by atoms with E-state index >= 15 is 0 Å². The lowest BCUT2D eigenvalue weighted by atomic mass is 10.2. The first-order valence-corrected chi connectivity index (χ1v) is 5.98. The zero-order valence-corrected chi connectivity index (χ0v) is 11.3. The van der Waals surface area contributed by atoms with Crippen LogP contribution >= 0.6 is 11.6 Å². The predicted molar refractivity (Wildman–Crippen MR) is 70.1 cm³/mol. The molecular weight excluding hydrogens is 252 g/mol. The van der Waals surface area contributed by atoms with Gasteiger partial charge in [-0.2, -0.15) is 5.10 Å². The highest BCUT2D eigenvalue weighted by Gasteiger charge is 2.15. The van der Waals surface area contributed by atoms with Crippen LogP contribution in [0.3, 0.4) is 0 Å². The maximum absolute atomic E-state index is 9.35. The lowest BCUT2D eigenvalue weighted by molar-refractivity contribution is 0.274. The van der Waals surface area contributed by atoms with E-state index in [0.717, 1.165) is 11.3 Å². The Kier molecular flexibility index (Phi) is 3.59. The van der Waals surface area contributed by atoms with E-state index in [1.807, 2.05) is 19.9 Å². The maximum Gasteiger partial charge on any atom is 0.223 e. The predicted octanol–water partition coefficient (Wildman–Crippen LogP) is 2.97. The van der Waals surface area contributed by atoms with Crippen molar-refractivity contribution in [3.05, 3.63) is 40.0 Å². The van der Waals surface area contributed by atoms with Crippen LogP contribution in [0, 0.1) is 13.8 Å². The summed E-state index contributed by atoms with van der Waals surface area (Å²) in [6.07, 6.45) is 0. The van der Waals surface area contributed by atoms with Gasteiger partial charge in [-0.1, -0.05) is 11.6 Å². The van der Waals surface area contributed by atoms with Gasteiger partial charge in [-0.3, -0.25) is 0 Å². The SMILES string of the molecule is Cc1cc(Cl)ccc1Oc1c(CO)c(C)nn1C. The largest absolute Gasteiger partial charge is 0.439 e. The Bertz CT molecular complexity index is 579. The van der Waals surface area contributed by atoms with Crippen LogP contribution < -0.4 is 4.74 Å². The average Bonchev–Trinajstić information content (AvgIpc) is 2.57. The molecule has 0 aliphatic heterocycles. The summed E-state index contributed by atoms with van der Waals surface area (Å²) >= 11 is 5.90. The summed E-state index contributed by atoms with van der Waals surface area (Å²) in [5.74, 6) is 1.26. The van der Waals surface area contributed by atoms with E-state index in [4.69, 9.17) is 16.3 Å². The number of benzene rings is 1. The number of hydrogen-bond donors (Lipinski definition) is 1. The fourth-order valence-corrected chi connectivity index (χ4v) is 2.05. The van der Waals surface area contributed by atoms with Gasteiger partial charge in [0.2, 0.25) is 5.88 Å². The Labute approximate surface area is 111 Å². The highest BCUT2D eigenvalue weighted by Crippen LogP contribution is 2.30. The molecule has 0 spiro atoms. The summed E-state index contributed by atoms with van der Waals surface area (Å²) in [5, 5.41) is 14.3. The number of nitrogens with zero attached hydrogens (tertiary/aromatic N) is 2. The summed E-state index contributed by atoms with van der Waals surface area (Å²) in [4.78, 5) is 0. The second-order valence-corrected chi connectivity index (χ2v) is 4.60. The first-order valence-electron chi connectivity index (χ1n) is 5.60. The van der Waals surface area contributed by atoms with Crippen molar-refractivity contribution >= 4 is 11.6 Å². The quantitative estimate of drug-likeness (QED) is 0.929. The molecule has 0 bridgehead atoms. The van der Waals surface area contributed by atoms with E-state index in [0.29, 0.717) is 22.2 Å². The Morgan fingerprint density at radius 1 is 1.39 bits per heavy atom. The second-order valence-electron chi connectivity index (χ2n) is 4.16. The van der Waals surface area contributed by atoms with Crippen LogP contribution in [-0.2, 0) is 13.7 Å². The molecule has 0 unspecified atom stereocenters. The Morgan fingerprint density at radius 2 is 2.11 bits per heavy atom. The number of aliphatic hydroxyl groups excluding tert-OH is 1. The summed E-state index contributed by atoms with van der Waals surface area (Å²) in [5.41, 5.74) is 2.40. The molecule has 0 aliphatic carbocycles. The average molecular weight is 267 g/mol. The number of aliphatic hydroxyl groups is 1. The highest BCUT2D eigenvalue weighted by molar-refractivity contribution is 6.30. The third-order valence-electron chi connectivity index (χ3n) is 2.79. The minimum Gasteiger partial charge on any atom is -0.439 e. The molecule has 1 heterocycles. The topological polar surface area (TPSA) is 47.3 Å². The van der Waals surface area contributed by atoms with Gasteiger partial charge in [-0.25, -0.2) is 4.68 Å². The van der Waals surface area contributed by atoms with Gasteiger partial charge in [0.25, 0.3) is 0 Å². The molecule has 2 rings (SSSR count). The van der Waals surface area contributed by atoms with E-state index in [2.05, 4.69) is 5.10 Å². The van der Waals surface area contributed by atoms with Crippen LogP contribution in [0.1, 0.15) is 16.8 Å². The third-order valence-corrected chi connectivity index (χ3v) is 3.03. The molecule has 0 amide bonds. The van der Waals surface area contributed by atoms with Gasteiger partial charge in [0.15, 0.2) is 0 Å². The number of hydrogen-bond acceptors (Lipinski definition) is 3. The van der Waals surface area contributed by atoms with E-state index in [1.165, 1.54) is 0 Å². The fourth-order valence-electron chi connectivity index (χ4n) is 1.82. The van der Waals surface area contributed by atoms with Crippen LogP contribution in [0.4, 0.5) is 0 Å². The standard InChI is InChI=1S/C13H15ClN2O2/c1-8-6-10(14)4-5-12(8)18-13-11(7-17)9(2)15-16(13)3/h4-6,17H,7H2,1-3H3. The Hall–Kier alpha value is -1.52. The van der Waals surface area contributed by atoms with E-state index in [9.17, 15) is 5.11 Å². The molecule has 0 aliphatic rings. The number of aromatic nitrogens is 2. The normalized spacial score (nSPS) is 10.7. The van der Waals surface area contributed by atoms with Crippen molar-refractivity contribution in [1.82, 2.24) is 9.78 Å². The molecular formula is C13H15ClN2O2. The van der Waals surface area contributed by atoms with Crippen LogP contribution in [0.2, 0.25) is 5.02 Å². The van der Waals surface area contributed by atoms with Crippen LogP contribution in [0.25, 0.3) is 0 Å². The van der Waals surface area contributed by atoms with Crippen molar-refractivity contribution in [1.29, 1.82) is 0 Å². The van der Waals surface area contributed by atoms with Gasteiger partial charge in [-0.05, 0) is 37.6 Å². The third kappa shape index (κ3) is 2.35. The Balaban J connectivity index is 2.39. The van der Waals surface area contributed by atoms with E-state index < -0.39 is 0 Å². The lowest BCUT2D eigenvalue weighted by Gasteiger charge is -2.10. The van der Waals surface area contributed by atoms with Crippen LogP contribution in [-0.4, -0.2) is 14.9 Å². The molecule has 0 fully saturated rings. The van der Waals surface area contributed by atoms with Crippen molar-refractivity contribution in [3.8, 4) is 11.6 Å². The van der Waals surface area contributed by atoms with Gasteiger partial charge in [0.1, 0.15) is 5.75 Å². The number of halogens is 1. The molecule has 18 heavy (non-hydrogen) atoms. The maximum atomic E-state index is 9.35. The number of ether oxygens (including phenoxy) is 1. The van der Waals surface area contributed by atoms with Gasteiger partial charge >= 0.3 is 0 Å². The second kappa shape index (κ2) is 5.00. The summed E-state index contributed by atoms with van der Waals surface area (Å²) in [6, 6.07) is 5.41. The van der Waals surface area contributed by atoms with Crippen molar-refractivity contribution in [2.45, 2.75) is 20.5 Å². The molecule has 1 aromatic carbocycles. The zero-order chi connectivity index (χ0) is 13.3. The monoisotopic (exact) mass is 266 g/mol. The first-order chi connectivity index (χ1) is 8.52. The van der Waals surface area contributed by atoms with Crippen molar-refractivity contribution in [2.24, 2.45) is 7.05 Å². The van der Waals surface area contributed by atoms with Gasteiger partial charge < -0.3 is 9.84 Å². The zero-order valence-electron chi connectivity index (χ0n) is 10.6. The number of rotatable bonds is 3. The molecule has 0 saturated carbocycles. The minimum absolute atomic E-state index is 0.0956. The van der Waals surface area contributed by atoms with Crippen molar-refractivity contribution < 1.29 is 9.84 Å². The van der Waals surface area contributed by atoms with Crippen LogP contribution in [0.5, 0.6) is 11.6 Å². The van der Waals surface area contributed by atoms with Crippen molar-refractivity contribution in [2.75, 3.05) is 0 Å². The number of aryl methyl sites for hydroxylation is 3. The minimum atomic E-state index is -0.0956. The fraction of sp³-hybridized carbons (Fsp3) is 0.308. The molecule has 4 nitrogen and oxygen atoms in total. The molecule has 96 valence electrons. The summed E-state index contributed by atoms with van der Waals surface area (Å²) in [6.45, 7) is 3.66. The lowest BCUT2D eigenvalue weighted by Crippen LogP contribution is -1.98. The first kappa shape index (κ1) is 12.9. The van der Waals surface area contributed by atoms with Crippen LogP contribution in [0.15, 0.2) is 18.2 Å². The van der Waals surface area contributed by atoms with Gasteiger partial charge in [0.05, 0.1) is 17.9 Å². The molecule has 5 heteroatoms. The highest BCUT2D eigenvalue weighted by atomic mass is 35.5. The Morgan fingerprint density at radius 3 is 2.72 bits per heavy atom. The molecule has 2 aromatic rings. The van der Waals surface area contributed by atoms with E-state index in [1.54, 1.807) is 23.9 Å². The molecule has 1 aromatic heterocycles.